The Morgan fingerprint density at radius 2 is 1.94 bits per heavy atom. The number of aromatic nitrogens is 1. The van der Waals surface area contributed by atoms with Crippen LogP contribution in [-0.2, 0) is 0 Å². The second kappa shape index (κ2) is 5.13. The highest BCUT2D eigenvalue weighted by molar-refractivity contribution is 6.01. The summed E-state index contributed by atoms with van der Waals surface area (Å²) >= 11 is 0. The van der Waals surface area contributed by atoms with Crippen LogP contribution in [0.3, 0.4) is 0 Å². The van der Waals surface area contributed by atoms with E-state index >= 15 is 0 Å². The van der Waals surface area contributed by atoms with Crippen molar-refractivity contribution < 1.29 is 4.79 Å². The van der Waals surface area contributed by atoms with E-state index < -0.39 is 0 Å². The first kappa shape index (κ1) is 12.5. The van der Waals surface area contributed by atoms with E-state index in [9.17, 15) is 4.79 Å². The molecule has 0 radical (unpaired) electrons. The van der Waals surface area contributed by atoms with Crippen molar-refractivity contribution in [2.24, 2.45) is 0 Å². The summed E-state index contributed by atoms with van der Waals surface area (Å²) in [7, 11) is 0. The minimum Gasteiger partial charge on any atom is -0.293 e. The number of carbonyl (C=O) groups is 1. The molecule has 0 saturated heterocycles. The second-order valence-corrected chi connectivity index (χ2v) is 4.66. The van der Waals surface area contributed by atoms with E-state index in [4.69, 9.17) is 0 Å². The Labute approximate surface area is 108 Å². The van der Waals surface area contributed by atoms with E-state index in [2.05, 4.69) is 4.98 Å². The van der Waals surface area contributed by atoms with Crippen molar-refractivity contribution >= 4 is 5.78 Å². The Bertz CT molecular complexity index is 561. The highest BCUT2D eigenvalue weighted by Gasteiger charge is 2.19. The summed E-state index contributed by atoms with van der Waals surface area (Å²) in [5, 5.41) is 0. The van der Waals surface area contributed by atoms with Crippen molar-refractivity contribution in [3.63, 3.8) is 0 Å². The van der Waals surface area contributed by atoms with Crippen LogP contribution >= 0.6 is 0 Å². The van der Waals surface area contributed by atoms with E-state index in [-0.39, 0.29) is 11.7 Å². The molecule has 0 spiro atoms. The summed E-state index contributed by atoms with van der Waals surface area (Å²) in [6, 6.07) is 11.6. The summed E-state index contributed by atoms with van der Waals surface area (Å²) in [6.45, 7) is 5.92. The molecule has 2 aromatic rings. The molecule has 0 amide bonds. The third kappa shape index (κ3) is 2.48. The van der Waals surface area contributed by atoms with Crippen molar-refractivity contribution in [3.05, 3.63) is 65.0 Å². The highest BCUT2D eigenvalue weighted by Crippen LogP contribution is 2.21. The number of rotatable bonds is 3. The number of aryl methyl sites for hydroxylation is 2. The molecule has 1 unspecified atom stereocenters. The van der Waals surface area contributed by atoms with Crippen molar-refractivity contribution in [3.8, 4) is 0 Å². The van der Waals surface area contributed by atoms with Crippen LogP contribution in [-0.4, -0.2) is 10.8 Å². The van der Waals surface area contributed by atoms with Crippen LogP contribution < -0.4 is 0 Å². The van der Waals surface area contributed by atoms with Crippen LogP contribution in [0.4, 0.5) is 0 Å². The highest BCUT2D eigenvalue weighted by atomic mass is 16.1. The first-order valence-corrected chi connectivity index (χ1v) is 6.12. The fourth-order valence-corrected chi connectivity index (χ4v) is 2.09. The lowest BCUT2D eigenvalue weighted by Gasteiger charge is -2.12. The van der Waals surface area contributed by atoms with Gasteiger partial charge in [-0.2, -0.15) is 0 Å². The molecule has 0 fully saturated rings. The number of pyridine rings is 1. The maximum absolute atomic E-state index is 12.4. The number of hydrogen-bond acceptors (Lipinski definition) is 2. The lowest BCUT2D eigenvalue weighted by molar-refractivity contribution is 0.0964. The van der Waals surface area contributed by atoms with E-state index in [1.165, 1.54) is 5.56 Å². The monoisotopic (exact) mass is 239 g/mol. The molecule has 92 valence electrons. The fourth-order valence-electron chi connectivity index (χ4n) is 2.09. The Hall–Kier alpha value is -1.96. The number of Topliss-reactive ketones (excluding diaryl/α,β-unsaturated/α-hetero) is 1. The summed E-state index contributed by atoms with van der Waals surface area (Å²) in [5.41, 5.74) is 3.82. The summed E-state index contributed by atoms with van der Waals surface area (Å²) in [5.74, 6) is -0.0705. The Balaban J connectivity index is 2.32. The predicted octanol–water partition coefficient (Wildman–Crippen LogP) is 3.68. The maximum atomic E-state index is 12.4. The SMILES string of the molecule is Cc1ccc(C(=O)C(C)c2ccccn2)c(C)c1. The number of ketones is 1. The number of hydrogen-bond donors (Lipinski definition) is 0. The Kier molecular flexibility index (Phi) is 3.56. The molecule has 2 nitrogen and oxygen atoms in total. The lowest BCUT2D eigenvalue weighted by atomic mass is 9.92. The standard InChI is InChI=1S/C16H17NO/c1-11-7-8-14(12(2)10-11)16(18)13(3)15-6-4-5-9-17-15/h4-10,13H,1-3H3. The van der Waals surface area contributed by atoms with E-state index in [1.54, 1.807) is 6.20 Å². The van der Waals surface area contributed by atoms with Crippen LogP contribution in [0.25, 0.3) is 0 Å². The number of nitrogens with zero attached hydrogens (tertiary/aromatic N) is 1. The molecule has 1 heterocycles. The van der Waals surface area contributed by atoms with E-state index in [0.717, 1.165) is 16.8 Å². The summed E-state index contributed by atoms with van der Waals surface area (Å²) < 4.78 is 0. The zero-order valence-corrected chi connectivity index (χ0v) is 11.0. The molecule has 1 aromatic heterocycles. The topological polar surface area (TPSA) is 30.0 Å². The summed E-state index contributed by atoms with van der Waals surface area (Å²) in [4.78, 5) is 16.7. The van der Waals surface area contributed by atoms with Crippen LogP contribution in [0.1, 0.15) is 40.0 Å². The maximum Gasteiger partial charge on any atom is 0.171 e. The molecule has 0 aliphatic carbocycles. The van der Waals surface area contributed by atoms with E-state index in [1.807, 2.05) is 57.2 Å². The van der Waals surface area contributed by atoms with Crippen LogP contribution in [0.15, 0.2) is 42.6 Å². The van der Waals surface area contributed by atoms with Gasteiger partial charge in [-0.3, -0.25) is 9.78 Å². The van der Waals surface area contributed by atoms with Gasteiger partial charge >= 0.3 is 0 Å². The third-order valence-corrected chi connectivity index (χ3v) is 3.17. The molecule has 2 heteroatoms. The molecule has 1 aromatic carbocycles. The van der Waals surface area contributed by atoms with Gasteiger partial charge in [-0.15, -0.1) is 0 Å². The molecule has 0 aliphatic heterocycles. The van der Waals surface area contributed by atoms with Gasteiger partial charge < -0.3 is 0 Å². The molecule has 0 saturated carbocycles. The minimum atomic E-state index is -0.201. The molecule has 0 bridgehead atoms. The van der Waals surface area contributed by atoms with Crippen LogP contribution in [0.2, 0.25) is 0 Å². The van der Waals surface area contributed by atoms with Gasteiger partial charge in [0, 0.05) is 11.8 Å². The largest absolute Gasteiger partial charge is 0.293 e. The summed E-state index contributed by atoms with van der Waals surface area (Å²) in [6.07, 6.45) is 1.72. The van der Waals surface area contributed by atoms with Gasteiger partial charge in [-0.05, 0) is 38.5 Å². The Morgan fingerprint density at radius 1 is 1.17 bits per heavy atom. The van der Waals surface area contributed by atoms with Gasteiger partial charge in [0.05, 0.1) is 11.6 Å². The zero-order chi connectivity index (χ0) is 13.1. The van der Waals surface area contributed by atoms with Gasteiger partial charge in [0.25, 0.3) is 0 Å². The first-order chi connectivity index (χ1) is 8.59. The average Bonchev–Trinajstić information content (AvgIpc) is 2.38. The zero-order valence-electron chi connectivity index (χ0n) is 11.0. The van der Waals surface area contributed by atoms with Crippen LogP contribution in [0.5, 0.6) is 0 Å². The molecule has 0 N–H and O–H groups in total. The lowest BCUT2D eigenvalue weighted by Crippen LogP contribution is -2.12. The minimum absolute atomic E-state index is 0.131. The molecule has 0 aliphatic rings. The Morgan fingerprint density at radius 3 is 2.56 bits per heavy atom. The quantitative estimate of drug-likeness (QED) is 0.765. The van der Waals surface area contributed by atoms with Gasteiger partial charge in [0.2, 0.25) is 0 Å². The van der Waals surface area contributed by atoms with Crippen molar-refractivity contribution in [2.75, 3.05) is 0 Å². The number of benzene rings is 1. The van der Waals surface area contributed by atoms with Crippen molar-refractivity contribution in [2.45, 2.75) is 26.7 Å². The number of carbonyl (C=O) groups excluding carboxylic acids is 1. The van der Waals surface area contributed by atoms with Crippen molar-refractivity contribution in [1.82, 2.24) is 4.98 Å². The second-order valence-electron chi connectivity index (χ2n) is 4.66. The first-order valence-electron chi connectivity index (χ1n) is 6.12. The fraction of sp³-hybridized carbons (Fsp3) is 0.250. The van der Waals surface area contributed by atoms with Gasteiger partial charge in [-0.25, -0.2) is 0 Å². The average molecular weight is 239 g/mol. The molecule has 18 heavy (non-hydrogen) atoms. The smallest absolute Gasteiger partial charge is 0.171 e. The molecule has 2 rings (SSSR count). The molecular weight excluding hydrogens is 222 g/mol. The van der Waals surface area contributed by atoms with Gasteiger partial charge in [0.1, 0.15) is 0 Å². The van der Waals surface area contributed by atoms with Gasteiger partial charge in [0.15, 0.2) is 5.78 Å². The van der Waals surface area contributed by atoms with Gasteiger partial charge in [-0.1, -0.05) is 29.8 Å². The van der Waals surface area contributed by atoms with Crippen LogP contribution in [0, 0.1) is 13.8 Å². The molecular formula is C16H17NO. The molecule has 1 atom stereocenters. The third-order valence-electron chi connectivity index (χ3n) is 3.17. The normalized spacial score (nSPS) is 12.2. The van der Waals surface area contributed by atoms with Crippen molar-refractivity contribution in [1.29, 1.82) is 0 Å². The predicted molar refractivity (Wildman–Crippen MR) is 72.9 cm³/mol. The van der Waals surface area contributed by atoms with E-state index in [0.29, 0.717) is 0 Å².